The van der Waals surface area contributed by atoms with E-state index >= 15 is 0 Å². The van der Waals surface area contributed by atoms with E-state index in [2.05, 4.69) is 0 Å². The van der Waals surface area contributed by atoms with Crippen LogP contribution >= 0.6 is 0 Å². The van der Waals surface area contributed by atoms with Gasteiger partial charge in [0.05, 0.1) is 0 Å². The molecule has 0 aliphatic heterocycles. The molecule has 0 amide bonds. The van der Waals surface area contributed by atoms with Gasteiger partial charge in [0, 0.05) is 79.7 Å². The van der Waals surface area contributed by atoms with Crippen LogP contribution in [-0.2, 0) is 79.7 Å². The van der Waals surface area contributed by atoms with Crippen molar-refractivity contribution < 1.29 is 79.7 Å². The van der Waals surface area contributed by atoms with E-state index in [1.54, 1.807) is 0 Å². The van der Waals surface area contributed by atoms with E-state index in [-0.39, 0.29) is 79.7 Å². The molecule has 0 heterocycles. The maximum absolute atomic E-state index is 0. The second-order valence-corrected chi connectivity index (χ2v) is 0. The van der Waals surface area contributed by atoms with E-state index in [1.807, 2.05) is 0 Å². The van der Waals surface area contributed by atoms with Gasteiger partial charge in [0.2, 0.25) is 0 Å². The van der Waals surface area contributed by atoms with Crippen LogP contribution in [0.2, 0.25) is 0 Å². The van der Waals surface area contributed by atoms with E-state index in [4.69, 9.17) is 0 Å². The van der Waals surface area contributed by atoms with Crippen LogP contribution in [0, 0.1) is 0 Å². The van der Waals surface area contributed by atoms with Crippen LogP contribution in [0.15, 0.2) is 0 Å². The second-order valence-electron chi connectivity index (χ2n) is 0. The molecule has 0 nitrogen and oxygen atoms in total. The zero-order valence-corrected chi connectivity index (χ0v) is 11.3. The van der Waals surface area contributed by atoms with Crippen LogP contribution in [0.25, 0.3) is 0 Å². The quantitative estimate of drug-likeness (QED) is 0.339. The van der Waals surface area contributed by atoms with Gasteiger partial charge >= 0.3 is 0 Å². The molecule has 0 fully saturated rings. The van der Waals surface area contributed by atoms with Gasteiger partial charge in [-0.2, -0.15) is 0 Å². The van der Waals surface area contributed by atoms with E-state index in [0.29, 0.717) is 0 Å². The van der Waals surface area contributed by atoms with E-state index in [9.17, 15) is 0 Å². The zero-order valence-electron chi connectivity index (χ0n) is 1.54. The first kappa shape index (κ1) is 31.0. The Morgan fingerprint density at radius 1 is 0.500 bits per heavy atom. The summed E-state index contributed by atoms with van der Waals surface area (Å²) in [5, 5.41) is 0. The molecule has 0 unspecified atom stereocenters. The monoisotopic (exact) mass is 610 g/mol. The summed E-state index contributed by atoms with van der Waals surface area (Å²) in [6, 6.07) is 0. The third kappa shape index (κ3) is 8.82. The third-order valence-electron chi connectivity index (χ3n) is 0. The van der Waals surface area contributed by atoms with Crippen molar-refractivity contribution in [3.63, 3.8) is 0 Å². The molecule has 0 aliphatic carbocycles. The standard InChI is InChI=1S/Ni.3W. The summed E-state index contributed by atoms with van der Waals surface area (Å²) in [6.07, 6.45) is 0. The first-order valence-electron chi connectivity index (χ1n) is 0. The van der Waals surface area contributed by atoms with Crippen LogP contribution in [0.4, 0.5) is 0 Å². The van der Waals surface area contributed by atoms with Crippen molar-refractivity contribution in [3.8, 4) is 0 Å². The van der Waals surface area contributed by atoms with Gasteiger partial charge in [-0.15, -0.1) is 0 Å². The minimum atomic E-state index is 0. The first-order chi connectivity index (χ1) is 0. The molecule has 0 radical (unpaired) electrons. The average molecular weight is 610 g/mol. The fourth-order valence-electron chi connectivity index (χ4n) is 0. The number of hydrogen-bond donors (Lipinski definition) is 0. The van der Waals surface area contributed by atoms with Crippen LogP contribution in [0.1, 0.15) is 0 Å². The van der Waals surface area contributed by atoms with Gasteiger partial charge in [0.1, 0.15) is 0 Å². The molecule has 0 aromatic rings. The summed E-state index contributed by atoms with van der Waals surface area (Å²) in [6.45, 7) is 0. The molecule has 4 heteroatoms. The minimum absolute atomic E-state index is 0. The summed E-state index contributed by atoms with van der Waals surface area (Å²) >= 11 is 0. The maximum Gasteiger partial charge on any atom is 0 e. The van der Waals surface area contributed by atoms with Crippen molar-refractivity contribution in [3.05, 3.63) is 0 Å². The van der Waals surface area contributed by atoms with Crippen LogP contribution < -0.4 is 0 Å². The first-order valence-corrected chi connectivity index (χ1v) is 0. The molecule has 28 valence electrons. The van der Waals surface area contributed by atoms with E-state index in [0.717, 1.165) is 0 Å². The van der Waals surface area contributed by atoms with E-state index in [1.165, 1.54) is 0 Å². The van der Waals surface area contributed by atoms with Crippen LogP contribution in [-0.4, -0.2) is 0 Å². The normalized spacial score (nSPS) is 0. The van der Waals surface area contributed by atoms with Crippen molar-refractivity contribution in [2.45, 2.75) is 0 Å². The van der Waals surface area contributed by atoms with Gasteiger partial charge in [-0.3, -0.25) is 0 Å². The predicted molar refractivity (Wildman–Crippen MR) is 0 cm³/mol. The summed E-state index contributed by atoms with van der Waals surface area (Å²) in [5.41, 5.74) is 0. The summed E-state index contributed by atoms with van der Waals surface area (Å²) in [7, 11) is 0. The number of hydrogen-bond acceptors (Lipinski definition) is 0. The molecule has 0 aliphatic rings. The van der Waals surface area contributed by atoms with Gasteiger partial charge in [0.15, 0.2) is 0 Å². The van der Waals surface area contributed by atoms with Crippen LogP contribution in [0.3, 0.4) is 0 Å². The van der Waals surface area contributed by atoms with Gasteiger partial charge in [-0.25, -0.2) is 0 Å². The number of rotatable bonds is 0. The Labute approximate surface area is 78.6 Å². The molecule has 0 atom stereocenters. The third-order valence-corrected chi connectivity index (χ3v) is 0. The van der Waals surface area contributed by atoms with Crippen LogP contribution in [0.5, 0.6) is 0 Å². The molecule has 0 rings (SSSR count). The molecule has 0 saturated heterocycles. The van der Waals surface area contributed by atoms with Crippen molar-refractivity contribution >= 4 is 0 Å². The Morgan fingerprint density at radius 3 is 0.500 bits per heavy atom. The zero-order chi connectivity index (χ0) is 0. The Morgan fingerprint density at radius 2 is 0.500 bits per heavy atom. The van der Waals surface area contributed by atoms with Gasteiger partial charge in [-0.1, -0.05) is 0 Å². The van der Waals surface area contributed by atoms with Gasteiger partial charge in [-0.05, 0) is 0 Å². The molecule has 0 N–H and O–H groups in total. The SMILES string of the molecule is [Ni].[W].[W].[W]. The molecule has 0 saturated carbocycles. The summed E-state index contributed by atoms with van der Waals surface area (Å²) < 4.78 is 0. The Hall–Kier alpha value is 2.56. The molecule has 4 heavy (non-hydrogen) atoms. The second kappa shape index (κ2) is 17.6. The molecule has 0 spiro atoms. The van der Waals surface area contributed by atoms with Crippen molar-refractivity contribution in [1.29, 1.82) is 0 Å². The van der Waals surface area contributed by atoms with E-state index < -0.39 is 0 Å². The average Bonchev–Trinajstić information content (AvgIpc) is 0. The molecule has 0 aromatic heterocycles. The Kier molecular flexibility index (Phi) is 137. The van der Waals surface area contributed by atoms with Gasteiger partial charge < -0.3 is 0 Å². The van der Waals surface area contributed by atoms with Crippen molar-refractivity contribution in [2.75, 3.05) is 0 Å². The molecular weight excluding hydrogens is 610 g/mol. The Balaban J connectivity index is 0. The topological polar surface area (TPSA) is 0 Å². The fraction of sp³-hybridized carbons (Fsp3) is 0. The minimum Gasteiger partial charge on any atom is 0 e. The maximum atomic E-state index is 0. The molecular formula is NiW3. The summed E-state index contributed by atoms with van der Waals surface area (Å²) in [4.78, 5) is 0. The fourth-order valence-corrected chi connectivity index (χ4v) is 0. The Bertz CT molecular complexity index is 3.25. The molecule has 0 aromatic carbocycles. The van der Waals surface area contributed by atoms with Crippen molar-refractivity contribution in [2.24, 2.45) is 0 Å². The predicted octanol–water partition coefficient (Wildman–Crippen LogP) is -0.0100. The largest absolute Gasteiger partial charge is 0 e. The van der Waals surface area contributed by atoms with Gasteiger partial charge in [0.25, 0.3) is 0 Å². The smallest absolute Gasteiger partial charge is 0 e. The molecule has 0 bridgehead atoms. The van der Waals surface area contributed by atoms with Crippen molar-refractivity contribution in [1.82, 2.24) is 0 Å². The summed E-state index contributed by atoms with van der Waals surface area (Å²) in [5.74, 6) is 0.